The summed E-state index contributed by atoms with van der Waals surface area (Å²) in [5.41, 5.74) is 6.12. The van der Waals surface area contributed by atoms with Crippen LogP contribution in [0.25, 0.3) is 10.8 Å². The smallest absolute Gasteiger partial charge is 0.135 e. The van der Waals surface area contributed by atoms with Gasteiger partial charge in [0, 0.05) is 10.9 Å². The van der Waals surface area contributed by atoms with Crippen LogP contribution in [-0.2, 0) is 0 Å². The summed E-state index contributed by atoms with van der Waals surface area (Å²) in [7, 11) is 0. The summed E-state index contributed by atoms with van der Waals surface area (Å²) in [6.07, 6.45) is 0. The number of nitrogens with one attached hydrogen (secondary N) is 1. The van der Waals surface area contributed by atoms with Crippen molar-refractivity contribution in [2.75, 3.05) is 0 Å². The van der Waals surface area contributed by atoms with Crippen molar-refractivity contribution in [1.29, 1.82) is 5.41 Å². The third-order valence-corrected chi connectivity index (χ3v) is 3.14. The van der Waals surface area contributed by atoms with Crippen molar-refractivity contribution in [1.82, 2.24) is 0 Å². The Kier molecular flexibility index (Phi) is 3.09. The van der Waals surface area contributed by atoms with E-state index in [-0.39, 0.29) is 5.84 Å². The zero-order chi connectivity index (χ0) is 13.9. The van der Waals surface area contributed by atoms with Crippen molar-refractivity contribution < 1.29 is 4.74 Å². The number of rotatable bonds is 3. The number of hydrogen-bond acceptors (Lipinski definition) is 2. The van der Waals surface area contributed by atoms with Gasteiger partial charge in [-0.15, -0.1) is 0 Å². The molecule has 0 radical (unpaired) electrons. The topological polar surface area (TPSA) is 59.1 Å². The van der Waals surface area contributed by atoms with Gasteiger partial charge >= 0.3 is 0 Å². The number of benzene rings is 3. The molecule has 0 amide bonds. The Morgan fingerprint density at radius 2 is 1.55 bits per heavy atom. The van der Waals surface area contributed by atoms with E-state index in [0.717, 1.165) is 22.3 Å². The molecule has 0 fully saturated rings. The van der Waals surface area contributed by atoms with Crippen molar-refractivity contribution in [2.24, 2.45) is 5.73 Å². The van der Waals surface area contributed by atoms with Gasteiger partial charge < -0.3 is 10.5 Å². The minimum atomic E-state index is 0.0571. The molecule has 3 nitrogen and oxygen atoms in total. The van der Waals surface area contributed by atoms with Crippen LogP contribution in [0.4, 0.5) is 0 Å². The van der Waals surface area contributed by atoms with Crippen LogP contribution in [0.15, 0.2) is 66.7 Å². The molecule has 0 heterocycles. The molecule has 0 saturated heterocycles. The second-order valence-electron chi connectivity index (χ2n) is 4.52. The highest BCUT2D eigenvalue weighted by Gasteiger charge is 2.03. The average Bonchev–Trinajstić information content (AvgIpc) is 2.48. The average molecular weight is 262 g/mol. The summed E-state index contributed by atoms with van der Waals surface area (Å²) >= 11 is 0. The number of fused-ring (bicyclic) bond motifs is 1. The van der Waals surface area contributed by atoms with Gasteiger partial charge in [-0.3, -0.25) is 5.41 Å². The Morgan fingerprint density at radius 3 is 2.30 bits per heavy atom. The number of nitrogen functional groups attached to an aromatic ring is 1. The third-order valence-electron chi connectivity index (χ3n) is 3.14. The van der Waals surface area contributed by atoms with Gasteiger partial charge in [-0.05, 0) is 35.7 Å². The summed E-state index contributed by atoms with van der Waals surface area (Å²) in [5, 5.41) is 9.59. The predicted octanol–water partition coefficient (Wildman–Crippen LogP) is 3.92. The zero-order valence-corrected chi connectivity index (χ0v) is 10.8. The van der Waals surface area contributed by atoms with Gasteiger partial charge in [0.2, 0.25) is 0 Å². The monoisotopic (exact) mass is 262 g/mol. The quantitative estimate of drug-likeness (QED) is 0.555. The molecule has 20 heavy (non-hydrogen) atoms. The first kappa shape index (κ1) is 12.2. The number of hydrogen-bond donors (Lipinski definition) is 2. The van der Waals surface area contributed by atoms with Crippen LogP contribution in [0.5, 0.6) is 11.5 Å². The lowest BCUT2D eigenvalue weighted by molar-refractivity contribution is 0.488. The van der Waals surface area contributed by atoms with E-state index in [9.17, 15) is 0 Å². The predicted molar refractivity (Wildman–Crippen MR) is 81.5 cm³/mol. The van der Waals surface area contributed by atoms with Gasteiger partial charge in [0.05, 0.1) is 0 Å². The van der Waals surface area contributed by atoms with Crippen molar-refractivity contribution >= 4 is 16.6 Å². The van der Waals surface area contributed by atoms with Crippen molar-refractivity contribution in [3.05, 3.63) is 72.3 Å². The molecule has 0 spiro atoms. The first-order chi connectivity index (χ1) is 9.74. The standard InChI is InChI=1S/C17H14N2O/c18-17(19)13-8-10-14(11-9-13)20-16-7-3-5-12-4-1-2-6-15(12)16/h1-11H,(H3,18,19). The van der Waals surface area contributed by atoms with E-state index in [1.54, 1.807) is 12.1 Å². The summed E-state index contributed by atoms with van der Waals surface area (Å²) < 4.78 is 5.92. The molecule has 0 aliphatic heterocycles. The molecule has 3 rings (SSSR count). The minimum Gasteiger partial charge on any atom is -0.457 e. The van der Waals surface area contributed by atoms with Crippen LogP contribution < -0.4 is 10.5 Å². The van der Waals surface area contributed by atoms with Gasteiger partial charge in [-0.25, -0.2) is 0 Å². The molecule has 3 heteroatoms. The van der Waals surface area contributed by atoms with Crippen molar-refractivity contribution in [3.63, 3.8) is 0 Å². The molecule has 0 bridgehead atoms. The van der Waals surface area contributed by atoms with Gasteiger partial charge in [-0.1, -0.05) is 36.4 Å². The summed E-state index contributed by atoms with van der Waals surface area (Å²) in [6.45, 7) is 0. The summed E-state index contributed by atoms with van der Waals surface area (Å²) in [4.78, 5) is 0. The Balaban J connectivity index is 1.95. The van der Waals surface area contributed by atoms with Crippen molar-refractivity contribution in [2.45, 2.75) is 0 Å². The van der Waals surface area contributed by atoms with Gasteiger partial charge in [0.25, 0.3) is 0 Å². The highest BCUT2D eigenvalue weighted by atomic mass is 16.5. The lowest BCUT2D eigenvalue weighted by Crippen LogP contribution is -2.10. The van der Waals surface area contributed by atoms with Gasteiger partial charge in [-0.2, -0.15) is 0 Å². The lowest BCUT2D eigenvalue weighted by atomic mass is 10.1. The molecular formula is C17H14N2O. The van der Waals surface area contributed by atoms with E-state index < -0.39 is 0 Å². The lowest BCUT2D eigenvalue weighted by Gasteiger charge is -2.09. The maximum Gasteiger partial charge on any atom is 0.135 e. The molecule has 0 aliphatic rings. The van der Waals surface area contributed by atoms with Crippen LogP contribution in [0, 0.1) is 5.41 Å². The van der Waals surface area contributed by atoms with Crippen LogP contribution in [-0.4, -0.2) is 5.84 Å². The molecule has 3 aromatic rings. The SMILES string of the molecule is N=C(N)c1ccc(Oc2cccc3ccccc23)cc1. The molecule has 0 aliphatic carbocycles. The van der Waals surface area contributed by atoms with Crippen LogP contribution in [0.2, 0.25) is 0 Å². The third kappa shape index (κ3) is 2.34. The number of amidine groups is 1. The van der Waals surface area contributed by atoms with Crippen LogP contribution >= 0.6 is 0 Å². The van der Waals surface area contributed by atoms with Crippen LogP contribution in [0.1, 0.15) is 5.56 Å². The molecule has 0 aromatic heterocycles. The van der Waals surface area contributed by atoms with E-state index in [2.05, 4.69) is 12.1 Å². The highest BCUT2D eigenvalue weighted by Crippen LogP contribution is 2.29. The number of ether oxygens (including phenoxy) is 1. The Hall–Kier alpha value is -2.81. The van der Waals surface area contributed by atoms with E-state index in [1.165, 1.54) is 0 Å². The normalized spacial score (nSPS) is 10.4. The largest absolute Gasteiger partial charge is 0.457 e. The van der Waals surface area contributed by atoms with E-state index >= 15 is 0 Å². The molecule has 0 unspecified atom stereocenters. The highest BCUT2D eigenvalue weighted by molar-refractivity contribution is 5.95. The fourth-order valence-electron chi connectivity index (χ4n) is 2.11. The molecular weight excluding hydrogens is 248 g/mol. The van der Waals surface area contributed by atoms with Gasteiger partial charge in [0.15, 0.2) is 0 Å². The van der Waals surface area contributed by atoms with E-state index in [0.29, 0.717) is 5.56 Å². The van der Waals surface area contributed by atoms with E-state index in [4.69, 9.17) is 15.9 Å². The fourth-order valence-corrected chi connectivity index (χ4v) is 2.11. The molecule has 0 atom stereocenters. The molecule has 0 saturated carbocycles. The molecule has 3 N–H and O–H groups in total. The summed E-state index contributed by atoms with van der Waals surface area (Å²) in [6, 6.07) is 21.3. The maximum atomic E-state index is 7.37. The first-order valence-electron chi connectivity index (χ1n) is 6.34. The second kappa shape index (κ2) is 5.05. The van der Waals surface area contributed by atoms with E-state index in [1.807, 2.05) is 42.5 Å². The first-order valence-corrected chi connectivity index (χ1v) is 6.34. The Morgan fingerprint density at radius 1 is 0.850 bits per heavy atom. The Labute approximate surface area is 117 Å². The maximum absolute atomic E-state index is 7.37. The molecule has 98 valence electrons. The van der Waals surface area contributed by atoms with Crippen molar-refractivity contribution in [3.8, 4) is 11.5 Å². The Bertz CT molecular complexity index is 758. The number of nitrogens with two attached hydrogens (primary N) is 1. The molecule has 3 aromatic carbocycles. The fraction of sp³-hybridized carbons (Fsp3) is 0. The summed E-state index contributed by atoms with van der Waals surface area (Å²) in [5.74, 6) is 1.60. The second-order valence-corrected chi connectivity index (χ2v) is 4.52. The zero-order valence-electron chi connectivity index (χ0n) is 10.8. The minimum absolute atomic E-state index is 0.0571. The van der Waals surface area contributed by atoms with Crippen LogP contribution in [0.3, 0.4) is 0 Å². The van der Waals surface area contributed by atoms with Gasteiger partial charge in [0.1, 0.15) is 17.3 Å².